The molecule has 0 amide bonds. The van der Waals surface area contributed by atoms with Crippen molar-refractivity contribution in [2.45, 2.75) is 65.2 Å². The highest BCUT2D eigenvalue weighted by Crippen LogP contribution is 2.04. The molecule has 86 valence electrons. The highest BCUT2D eigenvalue weighted by Gasteiger charge is 1.98. The fourth-order valence-electron chi connectivity index (χ4n) is 1.48. The summed E-state index contributed by atoms with van der Waals surface area (Å²) in [7, 11) is -0.527. The molecule has 1 nitrogen and oxygen atoms in total. The Labute approximate surface area is 92.1 Å². The molecule has 0 aliphatic heterocycles. The minimum atomic E-state index is -0.527. The quantitative estimate of drug-likeness (QED) is 0.508. The van der Waals surface area contributed by atoms with Crippen LogP contribution in [-0.4, -0.2) is 15.7 Å². The first-order valence-electron chi connectivity index (χ1n) is 6.16. The van der Waals surface area contributed by atoms with Crippen LogP contribution in [-0.2, 0) is 10.8 Å². The third-order valence-corrected chi connectivity index (χ3v) is 3.94. The zero-order valence-electron chi connectivity index (χ0n) is 9.89. The Hall–Kier alpha value is 0.150. The van der Waals surface area contributed by atoms with Gasteiger partial charge in [-0.25, -0.2) is 0 Å². The second-order valence-electron chi connectivity index (χ2n) is 3.97. The number of hydrogen-bond donors (Lipinski definition) is 0. The third kappa shape index (κ3) is 10.2. The first-order valence-corrected chi connectivity index (χ1v) is 7.65. The van der Waals surface area contributed by atoms with Gasteiger partial charge in [0, 0.05) is 22.3 Å². The lowest BCUT2D eigenvalue weighted by Crippen LogP contribution is -2.02. The third-order valence-electron chi connectivity index (χ3n) is 2.45. The van der Waals surface area contributed by atoms with Crippen LogP contribution in [0.15, 0.2) is 0 Å². The van der Waals surface area contributed by atoms with Gasteiger partial charge in [-0.05, 0) is 12.8 Å². The van der Waals surface area contributed by atoms with Crippen LogP contribution in [0.1, 0.15) is 65.2 Å². The predicted molar refractivity (Wildman–Crippen MR) is 66.2 cm³/mol. The molecule has 0 saturated heterocycles. The Morgan fingerprint density at radius 1 is 0.714 bits per heavy atom. The van der Waals surface area contributed by atoms with Gasteiger partial charge in [0.2, 0.25) is 0 Å². The molecule has 0 aromatic heterocycles. The maximum absolute atomic E-state index is 11.5. The standard InChI is InChI=1S/C12H26OS/c1-3-5-7-9-11-14(13)12-10-8-6-4-2/h3-12H2,1-2H3. The first kappa shape index (κ1) is 14.2. The zero-order valence-corrected chi connectivity index (χ0v) is 10.7. The predicted octanol–water partition coefficient (Wildman–Crippen LogP) is 3.90. The van der Waals surface area contributed by atoms with Crippen molar-refractivity contribution in [2.75, 3.05) is 11.5 Å². The van der Waals surface area contributed by atoms with E-state index in [1.165, 1.54) is 38.5 Å². The molecule has 0 unspecified atom stereocenters. The summed E-state index contributed by atoms with van der Waals surface area (Å²) in [5.41, 5.74) is 0. The van der Waals surface area contributed by atoms with E-state index in [1.54, 1.807) is 0 Å². The average Bonchev–Trinajstić information content (AvgIpc) is 2.19. The minimum absolute atomic E-state index is 0.527. The van der Waals surface area contributed by atoms with Crippen molar-refractivity contribution in [1.29, 1.82) is 0 Å². The maximum atomic E-state index is 11.5. The molecule has 2 heteroatoms. The molecule has 0 fully saturated rings. The molecule has 0 spiro atoms. The van der Waals surface area contributed by atoms with Gasteiger partial charge < -0.3 is 0 Å². The smallest absolute Gasteiger partial charge is 0.0234 e. The molecule has 0 aliphatic rings. The van der Waals surface area contributed by atoms with Crippen LogP contribution in [0.2, 0.25) is 0 Å². The van der Waals surface area contributed by atoms with Crippen LogP contribution < -0.4 is 0 Å². The average molecular weight is 218 g/mol. The summed E-state index contributed by atoms with van der Waals surface area (Å²) >= 11 is 0. The van der Waals surface area contributed by atoms with Gasteiger partial charge in [-0.2, -0.15) is 0 Å². The van der Waals surface area contributed by atoms with E-state index in [0.717, 1.165) is 24.3 Å². The Morgan fingerprint density at radius 2 is 1.14 bits per heavy atom. The van der Waals surface area contributed by atoms with Gasteiger partial charge >= 0.3 is 0 Å². The van der Waals surface area contributed by atoms with E-state index in [9.17, 15) is 4.21 Å². The van der Waals surface area contributed by atoms with E-state index in [0.29, 0.717) is 0 Å². The van der Waals surface area contributed by atoms with Crippen molar-refractivity contribution in [3.05, 3.63) is 0 Å². The lowest BCUT2D eigenvalue weighted by Gasteiger charge is -2.01. The highest BCUT2D eigenvalue weighted by atomic mass is 32.2. The van der Waals surface area contributed by atoms with E-state index >= 15 is 0 Å². The molecule has 0 N–H and O–H groups in total. The van der Waals surface area contributed by atoms with Crippen LogP contribution in [0, 0.1) is 0 Å². The van der Waals surface area contributed by atoms with Crippen LogP contribution in [0.3, 0.4) is 0 Å². The summed E-state index contributed by atoms with van der Waals surface area (Å²) in [6, 6.07) is 0. The summed E-state index contributed by atoms with van der Waals surface area (Å²) in [5, 5.41) is 0. The maximum Gasteiger partial charge on any atom is 0.0234 e. The van der Waals surface area contributed by atoms with Crippen molar-refractivity contribution in [1.82, 2.24) is 0 Å². The Kier molecular flexibility index (Phi) is 11.3. The molecular formula is C12H26OS. The lowest BCUT2D eigenvalue weighted by atomic mass is 10.2. The van der Waals surface area contributed by atoms with Crippen LogP contribution >= 0.6 is 0 Å². The molecule has 0 aromatic carbocycles. The number of rotatable bonds is 10. The minimum Gasteiger partial charge on any atom is -0.260 e. The molecule has 0 aromatic rings. The van der Waals surface area contributed by atoms with Crippen molar-refractivity contribution in [3.63, 3.8) is 0 Å². The fourth-order valence-corrected chi connectivity index (χ4v) is 2.74. The highest BCUT2D eigenvalue weighted by molar-refractivity contribution is 7.84. The van der Waals surface area contributed by atoms with Crippen LogP contribution in [0.4, 0.5) is 0 Å². The van der Waals surface area contributed by atoms with Crippen molar-refractivity contribution >= 4 is 10.8 Å². The van der Waals surface area contributed by atoms with Gasteiger partial charge in [-0.15, -0.1) is 0 Å². The molecule has 0 aliphatic carbocycles. The van der Waals surface area contributed by atoms with Crippen molar-refractivity contribution < 1.29 is 4.21 Å². The molecule has 14 heavy (non-hydrogen) atoms. The number of hydrogen-bond acceptors (Lipinski definition) is 1. The van der Waals surface area contributed by atoms with E-state index in [2.05, 4.69) is 13.8 Å². The van der Waals surface area contributed by atoms with Gasteiger partial charge in [-0.3, -0.25) is 4.21 Å². The van der Waals surface area contributed by atoms with E-state index in [1.807, 2.05) is 0 Å². The summed E-state index contributed by atoms with van der Waals surface area (Å²) < 4.78 is 11.5. The van der Waals surface area contributed by atoms with E-state index < -0.39 is 10.8 Å². The monoisotopic (exact) mass is 218 g/mol. The summed E-state index contributed by atoms with van der Waals surface area (Å²) in [6.45, 7) is 4.42. The summed E-state index contributed by atoms with van der Waals surface area (Å²) in [5.74, 6) is 1.87. The second kappa shape index (κ2) is 11.2. The van der Waals surface area contributed by atoms with Crippen molar-refractivity contribution in [3.8, 4) is 0 Å². The number of unbranched alkanes of at least 4 members (excludes halogenated alkanes) is 6. The van der Waals surface area contributed by atoms with Crippen LogP contribution in [0.5, 0.6) is 0 Å². The molecule has 0 rings (SSSR count). The summed E-state index contributed by atoms with van der Waals surface area (Å²) in [4.78, 5) is 0. The molecular weight excluding hydrogens is 192 g/mol. The van der Waals surface area contributed by atoms with Gasteiger partial charge in [-0.1, -0.05) is 52.4 Å². The normalized spacial score (nSPS) is 11.1. The Bertz CT molecular complexity index is 120. The molecule has 0 radical (unpaired) electrons. The van der Waals surface area contributed by atoms with Gasteiger partial charge in [0.1, 0.15) is 0 Å². The van der Waals surface area contributed by atoms with Crippen LogP contribution in [0.25, 0.3) is 0 Å². The van der Waals surface area contributed by atoms with E-state index in [4.69, 9.17) is 0 Å². The zero-order chi connectivity index (χ0) is 10.6. The Morgan fingerprint density at radius 3 is 1.50 bits per heavy atom. The fraction of sp³-hybridized carbons (Fsp3) is 1.00. The Balaban J connectivity index is 3.11. The molecule has 0 bridgehead atoms. The second-order valence-corrected chi connectivity index (χ2v) is 5.67. The SMILES string of the molecule is CCCCCCS(=O)CCCCCC. The largest absolute Gasteiger partial charge is 0.260 e. The summed E-state index contributed by atoms with van der Waals surface area (Å²) in [6.07, 6.45) is 9.98. The van der Waals surface area contributed by atoms with Gasteiger partial charge in [0.25, 0.3) is 0 Å². The molecule has 0 atom stereocenters. The van der Waals surface area contributed by atoms with Crippen molar-refractivity contribution in [2.24, 2.45) is 0 Å². The molecule has 0 heterocycles. The molecule has 0 saturated carbocycles. The van der Waals surface area contributed by atoms with E-state index in [-0.39, 0.29) is 0 Å². The van der Waals surface area contributed by atoms with Gasteiger partial charge in [0.05, 0.1) is 0 Å². The van der Waals surface area contributed by atoms with Gasteiger partial charge in [0.15, 0.2) is 0 Å². The lowest BCUT2D eigenvalue weighted by molar-refractivity contribution is 0.657. The first-order chi connectivity index (χ1) is 6.81. The topological polar surface area (TPSA) is 17.1 Å².